The van der Waals surface area contributed by atoms with Crippen molar-refractivity contribution in [1.82, 2.24) is 0 Å². The Morgan fingerprint density at radius 1 is 1.58 bits per heavy atom. The molecule has 0 aromatic heterocycles. The number of hydrogen-bond acceptors (Lipinski definition) is 1. The van der Waals surface area contributed by atoms with Gasteiger partial charge in [0.2, 0.25) is 0 Å². The van der Waals surface area contributed by atoms with Crippen molar-refractivity contribution in [3.63, 3.8) is 0 Å². The molecule has 12 heavy (non-hydrogen) atoms. The first-order chi connectivity index (χ1) is 5.75. The molecule has 1 rings (SSSR count). The summed E-state index contributed by atoms with van der Waals surface area (Å²) >= 11 is 0. The van der Waals surface area contributed by atoms with Gasteiger partial charge >= 0.3 is 0 Å². The molecule has 0 heterocycles. The van der Waals surface area contributed by atoms with Crippen molar-refractivity contribution < 1.29 is 5.11 Å². The zero-order valence-corrected chi connectivity index (χ0v) is 7.42. The Balaban J connectivity index is 2.42. The third-order valence-corrected chi connectivity index (χ3v) is 2.62. The summed E-state index contributed by atoms with van der Waals surface area (Å²) in [6.45, 7) is 3.91. The summed E-state index contributed by atoms with van der Waals surface area (Å²) in [7, 11) is 0. The predicted octanol–water partition coefficient (Wildman–Crippen LogP) is 2.12. The highest BCUT2D eigenvalue weighted by Crippen LogP contribution is 2.31. The molecule has 0 spiro atoms. The van der Waals surface area contributed by atoms with Crippen LogP contribution in [-0.2, 0) is 0 Å². The van der Waals surface area contributed by atoms with Crippen LogP contribution in [0.5, 0.6) is 0 Å². The van der Waals surface area contributed by atoms with Gasteiger partial charge in [-0.1, -0.05) is 6.58 Å². The van der Waals surface area contributed by atoms with E-state index in [1.807, 2.05) is 0 Å². The van der Waals surface area contributed by atoms with Crippen LogP contribution in [0.25, 0.3) is 0 Å². The van der Waals surface area contributed by atoms with E-state index in [1.165, 1.54) is 0 Å². The topological polar surface area (TPSA) is 20.2 Å². The highest BCUT2D eigenvalue weighted by molar-refractivity contribution is 5.10. The number of rotatable bonds is 2. The van der Waals surface area contributed by atoms with E-state index >= 15 is 0 Å². The molecule has 1 heteroatoms. The minimum Gasteiger partial charge on any atom is -0.389 e. The molecule has 0 bridgehead atoms. The van der Waals surface area contributed by atoms with Crippen LogP contribution in [-0.4, -0.2) is 11.2 Å². The summed E-state index contributed by atoms with van der Waals surface area (Å²) in [5.74, 6) is 3.09. The summed E-state index contributed by atoms with van der Waals surface area (Å²) in [5, 5.41) is 9.50. The molecule has 0 aromatic carbocycles. The second kappa shape index (κ2) is 4.33. The molecular weight excluding hydrogens is 148 g/mol. The molecule has 1 nitrogen and oxygen atoms in total. The molecule has 66 valence electrons. The van der Waals surface area contributed by atoms with E-state index in [0.717, 1.165) is 37.7 Å². The average Bonchev–Trinajstić information content (AvgIpc) is 2.08. The van der Waals surface area contributed by atoms with Crippen LogP contribution < -0.4 is 0 Å². The minimum absolute atomic E-state index is 0.276. The van der Waals surface area contributed by atoms with Crippen molar-refractivity contribution in [1.29, 1.82) is 0 Å². The van der Waals surface area contributed by atoms with Crippen LogP contribution in [0.4, 0.5) is 0 Å². The fourth-order valence-electron chi connectivity index (χ4n) is 1.79. The summed E-state index contributed by atoms with van der Waals surface area (Å²) in [5.41, 5.74) is 0.997. The zero-order valence-electron chi connectivity index (χ0n) is 7.42. The monoisotopic (exact) mass is 164 g/mol. The van der Waals surface area contributed by atoms with Crippen LogP contribution >= 0.6 is 0 Å². The molecule has 0 radical (unpaired) electrons. The van der Waals surface area contributed by atoms with Crippen molar-refractivity contribution >= 4 is 0 Å². The second-order valence-corrected chi connectivity index (χ2v) is 3.46. The van der Waals surface area contributed by atoms with Gasteiger partial charge in [0.15, 0.2) is 0 Å². The van der Waals surface area contributed by atoms with Gasteiger partial charge in [0, 0.05) is 6.42 Å². The van der Waals surface area contributed by atoms with E-state index in [9.17, 15) is 5.11 Å². The van der Waals surface area contributed by atoms with Crippen molar-refractivity contribution in [2.24, 2.45) is 5.92 Å². The maximum Gasteiger partial charge on any atom is 0.0750 e. The van der Waals surface area contributed by atoms with Gasteiger partial charge in [-0.15, -0.1) is 12.3 Å². The van der Waals surface area contributed by atoms with Crippen molar-refractivity contribution in [3.05, 3.63) is 12.2 Å². The fourth-order valence-corrected chi connectivity index (χ4v) is 1.79. The molecule has 1 N–H and O–H groups in total. The average molecular weight is 164 g/mol. The van der Waals surface area contributed by atoms with Crippen LogP contribution in [0.15, 0.2) is 12.2 Å². The molecule has 0 aromatic rings. The van der Waals surface area contributed by atoms with Crippen LogP contribution in [0.2, 0.25) is 0 Å². The Morgan fingerprint density at radius 3 is 3.00 bits per heavy atom. The van der Waals surface area contributed by atoms with Crippen LogP contribution in [0.3, 0.4) is 0 Å². The summed E-state index contributed by atoms with van der Waals surface area (Å²) < 4.78 is 0. The smallest absolute Gasteiger partial charge is 0.0750 e. The molecule has 1 aliphatic carbocycles. The SMILES string of the molecule is C#CCCC1CCCC(O)C1=C. The third kappa shape index (κ3) is 2.12. The van der Waals surface area contributed by atoms with Gasteiger partial charge in [-0.25, -0.2) is 0 Å². The summed E-state index contributed by atoms with van der Waals surface area (Å²) in [4.78, 5) is 0. The molecule has 2 atom stereocenters. The quantitative estimate of drug-likeness (QED) is 0.489. The molecule has 2 unspecified atom stereocenters. The lowest BCUT2D eigenvalue weighted by molar-refractivity contribution is 0.158. The van der Waals surface area contributed by atoms with Gasteiger partial charge in [0.25, 0.3) is 0 Å². The van der Waals surface area contributed by atoms with Crippen LogP contribution in [0, 0.1) is 18.3 Å². The Labute approximate surface area is 74.5 Å². The van der Waals surface area contributed by atoms with Crippen molar-refractivity contribution in [3.8, 4) is 12.3 Å². The van der Waals surface area contributed by atoms with Gasteiger partial charge in [-0.2, -0.15) is 0 Å². The lowest BCUT2D eigenvalue weighted by atomic mass is 9.81. The van der Waals surface area contributed by atoms with Crippen LogP contribution in [0.1, 0.15) is 32.1 Å². The summed E-state index contributed by atoms with van der Waals surface area (Å²) in [6, 6.07) is 0. The fraction of sp³-hybridized carbons (Fsp3) is 0.636. The number of terminal acetylenes is 1. The first-order valence-corrected chi connectivity index (χ1v) is 4.56. The second-order valence-electron chi connectivity index (χ2n) is 3.46. The molecule has 0 amide bonds. The minimum atomic E-state index is -0.276. The first kappa shape index (κ1) is 9.35. The van der Waals surface area contributed by atoms with Gasteiger partial charge in [-0.3, -0.25) is 0 Å². The zero-order chi connectivity index (χ0) is 8.97. The molecular formula is C11H16O. The lowest BCUT2D eigenvalue weighted by Gasteiger charge is -2.28. The Hall–Kier alpha value is -0.740. The molecule has 1 fully saturated rings. The van der Waals surface area contributed by atoms with Crippen molar-refractivity contribution in [2.75, 3.05) is 0 Å². The van der Waals surface area contributed by atoms with E-state index in [2.05, 4.69) is 12.5 Å². The van der Waals surface area contributed by atoms with Gasteiger partial charge < -0.3 is 5.11 Å². The van der Waals surface area contributed by atoms with Gasteiger partial charge in [-0.05, 0) is 37.2 Å². The maximum absolute atomic E-state index is 9.50. The molecule has 0 saturated heterocycles. The van der Waals surface area contributed by atoms with Gasteiger partial charge in [0.1, 0.15) is 0 Å². The largest absolute Gasteiger partial charge is 0.389 e. The Morgan fingerprint density at radius 2 is 2.33 bits per heavy atom. The van der Waals surface area contributed by atoms with Gasteiger partial charge in [0.05, 0.1) is 6.10 Å². The van der Waals surface area contributed by atoms with E-state index in [4.69, 9.17) is 6.42 Å². The predicted molar refractivity (Wildman–Crippen MR) is 50.6 cm³/mol. The summed E-state index contributed by atoms with van der Waals surface area (Å²) in [6.07, 6.45) is 9.84. The Bertz CT molecular complexity index is 200. The highest BCUT2D eigenvalue weighted by Gasteiger charge is 2.23. The third-order valence-electron chi connectivity index (χ3n) is 2.62. The maximum atomic E-state index is 9.50. The number of aliphatic hydroxyl groups excluding tert-OH is 1. The highest BCUT2D eigenvalue weighted by atomic mass is 16.3. The first-order valence-electron chi connectivity index (χ1n) is 4.56. The van der Waals surface area contributed by atoms with E-state index in [1.54, 1.807) is 0 Å². The molecule has 0 aliphatic heterocycles. The normalized spacial score (nSPS) is 29.8. The van der Waals surface area contributed by atoms with E-state index < -0.39 is 0 Å². The number of hydrogen-bond donors (Lipinski definition) is 1. The lowest BCUT2D eigenvalue weighted by Crippen LogP contribution is -2.22. The molecule has 1 aliphatic rings. The standard InChI is InChI=1S/C11H16O/c1-3-4-6-10-7-5-8-11(12)9(10)2/h1,10-12H,2,4-8H2. The van der Waals surface area contributed by atoms with Crippen molar-refractivity contribution in [2.45, 2.75) is 38.2 Å². The van der Waals surface area contributed by atoms with E-state index in [0.29, 0.717) is 5.92 Å². The Kier molecular flexibility index (Phi) is 3.37. The molecule has 1 saturated carbocycles. The van der Waals surface area contributed by atoms with E-state index in [-0.39, 0.29) is 6.10 Å². The number of aliphatic hydroxyl groups is 1.